The number of aliphatic hydroxyl groups excluding tert-OH is 1. The summed E-state index contributed by atoms with van der Waals surface area (Å²) in [5, 5.41) is 9.43. The van der Waals surface area contributed by atoms with Gasteiger partial charge in [0.2, 0.25) is 0 Å². The number of amides is 1. The molecule has 2 saturated heterocycles. The van der Waals surface area contributed by atoms with Gasteiger partial charge in [-0.25, -0.2) is 4.79 Å². The highest BCUT2D eigenvalue weighted by atomic mass is 16.6. The molecule has 74 valence electrons. The van der Waals surface area contributed by atoms with Gasteiger partial charge < -0.3 is 19.5 Å². The second kappa shape index (κ2) is 3.16. The Balaban J connectivity index is 1.89. The van der Waals surface area contributed by atoms with Gasteiger partial charge >= 0.3 is 6.09 Å². The van der Waals surface area contributed by atoms with E-state index in [0.717, 1.165) is 0 Å². The smallest absolute Gasteiger partial charge is 0.409 e. The maximum atomic E-state index is 11.2. The van der Waals surface area contributed by atoms with Gasteiger partial charge in [-0.2, -0.15) is 0 Å². The molecule has 1 amide bonds. The fourth-order valence-electron chi connectivity index (χ4n) is 1.63. The van der Waals surface area contributed by atoms with Gasteiger partial charge in [-0.05, 0) is 6.92 Å². The lowest BCUT2D eigenvalue weighted by Crippen LogP contribution is -2.46. The molecule has 0 spiro atoms. The number of β-amino-alcohol motifs (C(OH)–C–C–N with tert-alkyl or cyclic N) is 1. The van der Waals surface area contributed by atoms with Crippen molar-refractivity contribution in [1.29, 1.82) is 0 Å². The van der Waals surface area contributed by atoms with Gasteiger partial charge in [0.25, 0.3) is 0 Å². The molecular formula is C8H13NO4. The van der Waals surface area contributed by atoms with Crippen LogP contribution in [0, 0.1) is 0 Å². The number of likely N-dealkylation sites (tertiary alicyclic amines) is 1. The molecule has 5 nitrogen and oxygen atoms in total. The highest BCUT2D eigenvalue weighted by molar-refractivity contribution is 5.68. The Morgan fingerprint density at radius 2 is 2.46 bits per heavy atom. The van der Waals surface area contributed by atoms with E-state index in [2.05, 4.69) is 0 Å². The molecule has 2 aliphatic heterocycles. The SMILES string of the molecule is CCOC(=O)N1C[C@@H]2O[C@H]2[C@@H](O)C1. The number of aliphatic hydroxyl groups is 1. The number of ether oxygens (including phenoxy) is 2. The first-order chi connectivity index (χ1) is 6.22. The van der Waals surface area contributed by atoms with Crippen molar-refractivity contribution in [3.8, 4) is 0 Å². The van der Waals surface area contributed by atoms with Crippen LogP contribution >= 0.6 is 0 Å². The molecule has 0 saturated carbocycles. The summed E-state index contributed by atoms with van der Waals surface area (Å²) in [7, 11) is 0. The van der Waals surface area contributed by atoms with Crippen molar-refractivity contribution < 1.29 is 19.4 Å². The molecule has 0 unspecified atom stereocenters. The van der Waals surface area contributed by atoms with E-state index >= 15 is 0 Å². The Morgan fingerprint density at radius 1 is 1.69 bits per heavy atom. The van der Waals surface area contributed by atoms with Gasteiger partial charge in [-0.15, -0.1) is 0 Å². The summed E-state index contributed by atoms with van der Waals surface area (Å²) in [6, 6.07) is 0. The van der Waals surface area contributed by atoms with Crippen LogP contribution in [0.2, 0.25) is 0 Å². The summed E-state index contributed by atoms with van der Waals surface area (Å²) in [4.78, 5) is 12.7. The summed E-state index contributed by atoms with van der Waals surface area (Å²) in [5.74, 6) is 0. The van der Waals surface area contributed by atoms with Crippen molar-refractivity contribution in [3.05, 3.63) is 0 Å². The fraction of sp³-hybridized carbons (Fsp3) is 0.875. The lowest BCUT2D eigenvalue weighted by Gasteiger charge is -2.26. The van der Waals surface area contributed by atoms with Crippen LogP contribution in [0.3, 0.4) is 0 Å². The quantitative estimate of drug-likeness (QED) is 0.567. The molecule has 0 radical (unpaired) electrons. The molecule has 1 N–H and O–H groups in total. The summed E-state index contributed by atoms with van der Waals surface area (Å²) >= 11 is 0. The van der Waals surface area contributed by atoms with E-state index in [1.54, 1.807) is 6.92 Å². The Hall–Kier alpha value is -0.810. The van der Waals surface area contributed by atoms with Gasteiger partial charge in [-0.1, -0.05) is 0 Å². The van der Waals surface area contributed by atoms with Crippen LogP contribution in [0.25, 0.3) is 0 Å². The maximum Gasteiger partial charge on any atom is 0.409 e. The predicted molar refractivity (Wildman–Crippen MR) is 43.3 cm³/mol. The molecule has 13 heavy (non-hydrogen) atoms. The van der Waals surface area contributed by atoms with Gasteiger partial charge in [0.05, 0.1) is 19.7 Å². The van der Waals surface area contributed by atoms with E-state index in [0.29, 0.717) is 19.7 Å². The van der Waals surface area contributed by atoms with Crippen LogP contribution in [0.4, 0.5) is 4.79 Å². The molecule has 0 aromatic heterocycles. The third-order valence-corrected chi connectivity index (χ3v) is 2.33. The Morgan fingerprint density at radius 3 is 3.08 bits per heavy atom. The van der Waals surface area contributed by atoms with E-state index in [1.165, 1.54) is 4.90 Å². The first-order valence-corrected chi connectivity index (χ1v) is 4.47. The van der Waals surface area contributed by atoms with Gasteiger partial charge in [0, 0.05) is 0 Å². The minimum atomic E-state index is -0.553. The molecule has 0 bridgehead atoms. The predicted octanol–water partition coefficient (Wildman–Crippen LogP) is -0.413. The average molecular weight is 187 g/mol. The summed E-state index contributed by atoms with van der Waals surface area (Å²) in [6.45, 7) is 2.98. The number of rotatable bonds is 1. The van der Waals surface area contributed by atoms with Crippen molar-refractivity contribution in [3.63, 3.8) is 0 Å². The summed E-state index contributed by atoms with van der Waals surface area (Å²) in [6.07, 6.45) is -0.947. The maximum absolute atomic E-state index is 11.2. The molecule has 0 aliphatic carbocycles. The largest absolute Gasteiger partial charge is 0.450 e. The third-order valence-electron chi connectivity index (χ3n) is 2.33. The first kappa shape index (κ1) is 8.77. The Labute approximate surface area is 76.2 Å². The molecule has 2 heterocycles. The Bertz CT molecular complexity index is 220. The Kier molecular flexibility index (Phi) is 2.13. The molecule has 5 heteroatoms. The summed E-state index contributed by atoms with van der Waals surface area (Å²) < 4.78 is 9.97. The molecule has 2 aliphatic rings. The van der Waals surface area contributed by atoms with E-state index in [-0.39, 0.29) is 18.3 Å². The topological polar surface area (TPSA) is 62.3 Å². The van der Waals surface area contributed by atoms with E-state index < -0.39 is 6.10 Å². The minimum Gasteiger partial charge on any atom is -0.450 e. The van der Waals surface area contributed by atoms with E-state index in [1.807, 2.05) is 0 Å². The van der Waals surface area contributed by atoms with E-state index in [9.17, 15) is 9.90 Å². The zero-order chi connectivity index (χ0) is 9.42. The minimum absolute atomic E-state index is 0.0214. The van der Waals surface area contributed by atoms with Crippen molar-refractivity contribution in [2.24, 2.45) is 0 Å². The monoisotopic (exact) mass is 187 g/mol. The molecule has 3 atom stereocenters. The highest BCUT2D eigenvalue weighted by Gasteiger charge is 2.50. The first-order valence-electron chi connectivity index (χ1n) is 4.47. The highest BCUT2D eigenvalue weighted by Crippen LogP contribution is 2.31. The number of epoxide rings is 1. The number of hydrogen-bond acceptors (Lipinski definition) is 4. The fourth-order valence-corrected chi connectivity index (χ4v) is 1.63. The molecular weight excluding hydrogens is 174 g/mol. The number of nitrogens with zero attached hydrogens (tertiary/aromatic N) is 1. The van der Waals surface area contributed by atoms with Crippen LogP contribution in [0.1, 0.15) is 6.92 Å². The normalized spacial score (nSPS) is 36.8. The van der Waals surface area contributed by atoms with Crippen LogP contribution in [-0.4, -0.2) is 54.1 Å². The van der Waals surface area contributed by atoms with Gasteiger partial charge in [0.15, 0.2) is 0 Å². The molecule has 2 rings (SSSR count). The second-order valence-electron chi connectivity index (χ2n) is 3.31. The van der Waals surface area contributed by atoms with Crippen LogP contribution < -0.4 is 0 Å². The zero-order valence-electron chi connectivity index (χ0n) is 7.47. The lowest BCUT2D eigenvalue weighted by atomic mass is 10.1. The number of carbonyl (C=O) groups is 1. The van der Waals surface area contributed by atoms with E-state index in [4.69, 9.17) is 9.47 Å². The third kappa shape index (κ3) is 1.62. The second-order valence-corrected chi connectivity index (χ2v) is 3.31. The number of fused-ring (bicyclic) bond motifs is 1. The van der Waals surface area contributed by atoms with Crippen LogP contribution in [0.5, 0.6) is 0 Å². The van der Waals surface area contributed by atoms with Crippen molar-refractivity contribution in [2.45, 2.75) is 25.2 Å². The number of carbonyl (C=O) groups excluding carboxylic acids is 1. The van der Waals surface area contributed by atoms with Gasteiger partial charge in [0.1, 0.15) is 18.3 Å². The molecule has 2 fully saturated rings. The molecule has 0 aromatic rings. The zero-order valence-corrected chi connectivity index (χ0v) is 7.47. The van der Waals surface area contributed by atoms with Crippen LogP contribution in [0.15, 0.2) is 0 Å². The van der Waals surface area contributed by atoms with Crippen molar-refractivity contribution >= 4 is 6.09 Å². The summed E-state index contributed by atoms with van der Waals surface area (Å²) in [5.41, 5.74) is 0. The van der Waals surface area contributed by atoms with Crippen molar-refractivity contribution in [2.75, 3.05) is 19.7 Å². The average Bonchev–Trinajstić information content (AvgIpc) is 2.84. The van der Waals surface area contributed by atoms with Crippen LogP contribution in [-0.2, 0) is 9.47 Å². The number of hydrogen-bond donors (Lipinski definition) is 1. The number of piperidine rings is 1. The molecule has 0 aromatic carbocycles. The standard InChI is InChI=1S/C8H13NO4/c1-2-12-8(11)9-3-5(10)7-6(4-9)13-7/h5-7,10H,2-4H2,1H3/t5-,6-,7-/m0/s1. The van der Waals surface area contributed by atoms with Gasteiger partial charge in [-0.3, -0.25) is 0 Å². The lowest BCUT2D eigenvalue weighted by molar-refractivity contribution is 0.0608. The van der Waals surface area contributed by atoms with Crippen molar-refractivity contribution in [1.82, 2.24) is 4.90 Å².